The van der Waals surface area contributed by atoms with Crippen molar-refractivity contribution < 1.29 is 5.11 Å². The zero-order valence-corrected chi connectivity index (χ0v) is 8.18. The van der Waals surface area contributed by atoms with Gasteiger partial charge in [0.1, 0.15) is 6.33 Å². The number of hydrogen-bond acceptors (Lipinski definition) is 5. The zero-order chi connectivity index (χ0) is 9.80. The van der Waals surface area contributed by atoms with Crippen molar-refractivity contribution >= 4 is 11.3 Å². The molecule has 0 aromatic carbocycles. The highest BCUT2D eigenvalue weighted by Crippen LogP contribution is 2.18. The highest BCUT2D eigenvalue weighted by molar-refractivity contribution is 7.09. The van der Waals surface area contributed by atoms with Gasteiger partial charge in [-0.05, 0) is 0 Å². The Labute approximate surface area is 85.3 Å². The van der Waals surface area contributed by atoms with E-state index in [0.717, 1.165) is 10.4 Å². The van der Waals surface area contributed by atoms with Crippen LogP contribution in [-0.2, 0) is 6.42 Å². The molecule has 5 heteroatoms. The molecule has 1 atom stereocenters. The van der Waals surface area contributed by atoms with E-state index in [0.29, 0.717) is 6.42 Å². The van der Waals surface area contributed by atoms with Gasteiger partial charge in [0.25, 0.3) is 0 Å². The van der Waals surface area contributed by atoms with Crippen LogP contribution in [0.25, 0.3) is 0 Å². The third kappa shape index (κ3) is 2.12. The highest BCUT2D eigenvalue weighted by atomic mass is 32.1. The minimum Gasteiger partial charge on any atom is -0.388 e. The van der Waals surface area contributed by atoms with Gasteiger partial charge in [0.05, 0.1) is 11.6 Å². The molecule has 2 aromatic rings. The first-order valence-corrected chi connectivity index (χ1v) is 5.04. The average Bonchev–Trinajstić information content (AvgIpc) is 2.72. The van der Waals surface area contributed by atoms with Crippen LogP contribution in [0.5, 0.6) is 0 Å². The van der Waals surface area contributed by atoms with Gasteiger partial charge >= 0.3 is 0 Å². The van der Waals surface area contributed by atoms with Crippen LogP contribution in [0.4, 0.5) is 0 Å². The summed E-state index contributed by atoms with van der Waals surface area (Å²) in [5, 5.41) is 9.79. The molecule has 1 N–H and O–H groups in total. The first-order chi connectivity index (χ1) is 6.86. The fourth-order valence-electron chi connectivity index (χ4n) is 1.13. The Bertz CT molecular complexity index is 376. The van der Waals surface area contributed by atoms with E-state index >= 15 is 0 Å². The van der Waals surface area contributed by atoms with Crippen LogP contribution in [0.15, 0.2) is 30.4 Å². The Hall–Kier alpha value is -1.33. The van der Waals surface area contributed by atoms with Crippen molar-refractivity contribution in [2.75, 3.05) is 0 Å². The SMILES string of the molecule is OC(Cc1cncs1)c1cncnc1. The Morgan fingerprint density at radius 2 is 2.00 bits per heavy atom. The third-order valence-electron chi connectivity index (χ3n) is 1.84. The monoisotopic (exact) mass is 207 g/mol. The quantitative estimate of drug-likeness (QED) is 0.821. The number of thiazole rings is 1. The molecule has 0 saturated carbocycles. The summed E-state index contributed by atoms with van der Waals surface area (Å²) in [6.07, 6.45) is 6.48. The summed E-state index contributed by atoms with van der Waals surface area (Å²) in [5.74, 6) is 0. The van der Waals surface area contributed by atoms with Crippen molar-refractivity contribution in [2.45, 2.75) is 12.5 Å². The molecule has 2 rings (SSSR count). The number of aromatic nitrogens is 3. The number of hydrogen-bond donors (Lipinski definition) is 1. The molecule has 0 amide bonds. The van der Waals surface area contributed by atoms with Crippen LogP contribution < -0.4 is 0 Å². The van der Waals surface area contributed by atoms with Crippen molar-refractivity contribution in [3.05, 3.63) is 40.9 Å². The van der Waals surface area contributed by atoms with Gasteiger partial charge in [0, 0.05) is 35.5 Å². The summed E-state index contributed by atoms with van der Waals surface area (Å²) >= 11 is 1.53. The fourth-order valence-corrected chi connectivity index (χ4v) is 1.77. The molecule has 14 heavy (non-hydrogen) atoms. The van der Waals surface area contributed by atoms with Gasteiger partial charge < -0.3 is 5.11 Å². The van der Waals surface area contributed by atoms with E-state index in [9.17, 15) is 5.11 Å². The summed E-state index contributed by atoms with van der Waals surface area (Å²) in [4.78, 5) is 12.7. The van der Waals surface area contributed by atoms with Gasteiger partial charge in [0.15, 0.2) is 0 Å². The Balaban J connectivity index is 2.07. The van der Waals surface area contributed by atoms with Gasteiger partial charge in [-0.2, -0.15) is 0 Å². The van der Waals surface area contributed by atoms with E-state index in [4.69, 9.17) is 0 Å². The number of rotatable bonds is 3. The molecule has 0 aliphatic rings. The van der Waals surface area contributed by atoms with Crippen molar-refractivity contribution in [2.24, 2.45) is 0 Å². The molecule has 2 aromatic heterocycles. The minimum absolute atomic E-state index is 0.545. The van der Waals surface area contributed by atoms with E-state index in [-0.39, 0.29) is 0 Å². The van der Waals surface area contributed by atoms with Crippen molar-refractivity contribution in [1.82, 2.24) is 15.0 Å². The van der Waals surface area contributed by atoms with E-state index in [1.54, 1.807) is 24.1 Å². The maximum absolute atomic E-state index is 9.79. The molecule has 2 heterocycles. The first-order valence-electron chi connectivity index (χ1n) is 4.16. The van der Waals surface area contributed by atoms with Crippen molar-refractivity contribution in [3.8, 4) is 0 Å². The predicted molar refractivity (Wildman–Crippen MR) is 52.8 cm³/mol. The van der Waals surface area contributed by atoms with Gasteiger partial charge in [-0.3, -0.25) is 4.98 Å². The average molecular weight is 207 g/mol. The van der Waals surface area contributed by atoms with Crippen molar-refractivity contribution in [3.63, 3.8) is 0 Å². The maximum atomic E-state index is 9.79. The van der Waals surface area contributed by atoms with Gasteiger partial charge in [-0.25, -0.2) is 9.97 Å². The smallest absolute Gasteiger partial charge is 0.115 e. The van der Waals surface area contributed by atoms with Crippen LogP contribution in [0.1, 0.15) is 16.5 Å². The number of aliphatic hydroxyl groups is 1. The van der Waals surface area contributed by atoms with Crippen LogP contribution >= 0.6 is 11.3 Å². The lowest BCUT2D eigenvalue weighted by Gasteiger charge is -2.07. The molecule has 1 unspecified atom stereocenters. The molecule has 0 saturated heterocycles. The molecular formula is C9H9N3OS. The lowest BCUT2D eigenvalue weighted by Crippen LogP contribution is -2.01. The third-order valence-corrected chi connectivity index (χ3v) is 2.65. The molecule has 0 spiro atoms. The lowest BCUT2D eigenvalue weighted by molar-refractivity contribution is 0.178. The normalized spacial score (nSPS) is 12.6. The topological polar surface area (TPSA) is 58.9 Å². The van der Waals surface area contributed by atoms with Crippen molar-refractivity contribution in [1.29, 1.82) is 0 Å². The van der Waals surface area contributed by atoms with Gasteiger partial charge in [-0.1, -0.05) is 0 Å². The molecule has 0 bridgehead atoms. The predicted octanol–water partition coefficient (Wildman–Crippen LogP) is 1.21. The second kappa shape index (κ2) is 4.26. The molecule has 0 aliphatic heterocycles. The first kappa shape index (κ1) is 9.23. The fraction of sp³-hybridized carbons (Fsp3) is 0.222. The summed E-state index contributed by atoms with van der Waals surface area (Å²) < 4.78 is 0. The molecule has 72 valence electrons. The number of nitrogens with zero attached hydrogens (tertiary/aromatic N) is 3. The van der Waals surface area contributed by atoms with Crippen LogP contribution in [0.2, 0.25) is 0 Å². The van der Waals surface area contributed by atoms with Crippen LogP contribution in [0, 0.1) is 0 Å². The maximum Gasteiger partial charge on any atom is 0.115 e. The van der Waals surface area contributed by atoms with Gasteiger partial charge in [-0.15, -0.1) is 11.3 Å². The molecule has 0 aliphatic carbocycles. The Morgan fingerprint density at radius 1 is 1.21 bits per heavy atom. The Kier molecular flexibility index (Phi) is 2.81. The second-order valence-corrected chi connectivity index (χ2v) is 3.83. The Morgan fingerprint density at radius 3 is 2.64 bits per heavy atom. The minimum atomic E-state index is -0.545. The second-order valence-electron chi connectivity index (χ2n) is 2.86. The summed E-state index contributed by atoms with van der Waals surface area (Å²) in [7, 11) is 0. The molecule has 0 radical (unpaired) electrons. The number of aliphatic hydroxyl groups excluding tert-OH is 1. The van der Waals surface area contributed by atoms with E-state index in [1.807, 2.05) is 0 Å². The zero-order valence-electron chi connectivity index (χ0n) is 7.37. The lowest BCUT2D eigenvalue weighted by atomic mass is 10.1. The summed E-state index contributed by atoms with van der Waals surface area (Å²) in [6.45, 7) is 0. The standard InChI is InChI=1S/C9H9N3OS/c13-9(1-8-4-12-6-14-8)7-2-10-5-11-3-7/h2-6,9,13H,1H2. The molecular weight excluding hydrogens is 198 g/mol. The summed E-state index contributed by atoms with van der Waals surface area (Å²) in [6, 6.07) is 0. The molecule has 0 fully saturated rings. The molecule has 4 nitrogen and oxygen atoms in total. The highest BCUT2D eigenvalue weighted by Gasteiger charge is 2.09. The van der Waals surface area contributed by atoms with E-state index in [2.05, 4.69) is 15.0 Å². The van der Waals surface area contributed by atoms with E-state index < -0.39 is 6.10 Å². The van der Waals surface area contributed by atoms with Crippen LogP contribution in [0.3, 0.4) is 0 Å². The summed E-state index contributed by atoms with van der Waals surface area (Å²) in [5.41, 5.74) is 2.49. The largest absolute Gasteiger partial charge is 0.388 e. The van der Waals surface area contributed by atoms with Crippen LogP contribution in [-0.4, -0.2) is 20.1 Å². The van der Waals surface area contributed by atoms with Gasteiger partial charge in [0.2, 0.25) is 0 Å². The van der Waals surface area contributed by atoms with E-state index in [1.165, 1.54) is 17.7 Å².